The molecule has 1 aliphatic heterocycles. The molecule has 2 fully saturated rings. The van der Waals surface area contributed by atoms with Crippen molar-refractivity contribution in [3.63, 3.8) is 0 Å². The molecule has 0 radical (unpaired) electrons. The van der Waals surface area contributed by atoms with Gasteiger partial charge in [0, 0.05) is 32.2 Å². The number of amides is 2. The lowest BCUT2D eigenvalue weighted by molar-refractivity contribution is 0.0817. The van der Waals surface area contributed by atoms with Crippen LogP contribution in [-0.2, 0) is 0 Å². The van der Waals surface area contributed by atoms with E-state index >= 15 is 0 Å². The molecular formula is C10H19N3O. The van der Waals surface area contributed by atoms with E-state index in [1.54, 1.807) is 0 Å². The zero-order chi connectivity index (χ0) is 10.3. The van der Waals surface area contributed by atoms with Gasteiger partial charge in [0.25, 0.3) is 0 Å². The van der Waals surface area contributed by atoms with Crippen molar-refractivity contribution < 1.29 is 4.79 Å². The van der Waals surface area contributed by atoms with Gasteiger partial charge in [-0.3, -0.25) is 0 Å². The molecule has 2 rings (SSSR count). The van der Waals surface area contributed by atoms with Crippen molar-refractivity contribution in [2.24, 2.45) is 0 Å². The van der Waals surface area contributed by atoms with E-state index < -0.39 is 0 Å². The van der Waals surface area contributed by atoms with Crippen LogP contribution >= 0.6 is 0 Å². The van der Waals surface area contributed by atoms with E-state index in [9.17, 15) is 4.79 Å². The van der Waals surface area contributed by atoms with E-state index in [2.05, 4.69) is 19.0 Å². The number of carbonyl (C=O) groups excluding carboxylic acids is 1. The van der Waals surface area contributed by atoms with Gasteiger partial charge in [-0.15, -0.1) is 0 Å². The molecule has 4 nitrogen and oxygen atoms in total. The Morgan fingerprint density at radius 3 is 2.36 bits per heavy atom. The molecule has 4 heteroatoms. The molecule has 2 amide bonds. The molecule has 2 aliphatic rings. The Morgan fingerprint density at radius 2 is 1.93 bits per heavy atom. The lowest BCUT2D eigenvalue weighted by Crippen LogP contribution is -2.52. The van der Waals surface area contributed by atoms with E-state index in [-0.39, 0.29) is 6.03 Å². The number of hydrogen-bond donors (Lipinski definition) is 0. The standard InChI is InChI=1S/C10H19N3O/c1-11(2)8-6-9(7-8)13-5-4-12(3)10(13)14/h8-9H,4-7H2,1-3H3. The van der Waals surface area contributed by atoms with Crippen molar-refractivity contribution in [3.8, 4) is 0 Å². The number of carbonyl (C=O) groups is 1. The van der Waals surface area contributed by atoms with Crippen LogP contribution in [0.25, 0.3) is 0 Å². The highest BCUT2D eigenvalue weighted by Crippen LogP contribution is 2.30. The van der Waals surface area contributed by atoms with Crippen LogP contribution in [0.2, 0.25) is 0 Å². The van der Waals surface area contributed by atoms with Crippen LogP contribution in [0.4, 0.5) is 4.79 Å². The SMILES string of the molecule is CN1CCN(C2CC(N(C)C)C2)C1=O. The molecule has 0 unspecified atom stereocenters. The van der Waals surface area contributed by atoms with Crippen LogP contribution in [0.15, 0.2) is 0 Å². The summed E-state index contributed by atoms with van der Waals surface area (Å²) >= 11 is 0. The number of urea groups is 1. The van der Waals surface area contributed by atoms with Crippen molar-refractivity contribution in [3.05, 3.63) is 0 Å². The molecular weight excluding hydrogens is 178 g/mol. The fourth-order valence-corrected chi connectivity index (χ4v) is 2.24. The molecule has 0 aromatic rings. The third-order valence-corrected chi connectivity index (χ3v) is 3.51. The topological polar surface area (TPSA) is 26.8 Å². The Morgan fingerprint density at radius 1 is 1.29 bits per heavy atom. The van der Waals surface area contributed by atoms with Crippen LogP contribution in [0.1, 0.15) is 12.8 Å². The lowest BCUT2D eigenvalue weighted by Gasteiger charge is -2.43. The summed E-state index contributed by atoms with van der Waals surface area (Å²) in [5, 5.41) is 0. The van der Waals surface area contributed by atoms with Crippen LogP contribution in [0.5, 0.6) is 0 Å². The molecule has 0 atom stereocenters. The quantitative estimate of drug-likeness (QED) is 0.642. The van der Waals surface area contributed by atoms with Gasteiger partial charge >= 0.3 is 6.03 Å². The Balaban J connectivity index is 1.85. The smallest absolute Gasteiger partial charge is 0.320 e. The molecule has 80 valence electrons. The van der Waals surface area contributed by atoms with Gasteiger partial charge in [-0.05, 0) is 26.9 Å². The summed E-state index contributed by atoms with van der Waals surface area (Å²) in [5.74, 6) is 0. The van der Waals surface area contributed by atoms with E-state index in [0.717, 1.165) is 25.9 Å². The third-order valence-electron chi connectivity index (χ3n) is 3.51. The molecule has 1 aliphatic carbocycles. The van der Waals surface area contributed by atoms with Gasteiger partial charge in [0.15, 0.2) is 0 Å². The largest absolute Gasteiger partial charge is 0.326 e. The van der Waals surface area contributed by atoms with Crippen molar-refractivity contribution in [2.45, 2.75) is 24.9 Å². The number of likely N-dealkylation sites (N-methyl/N-ethyl adjacent to an activating group) is 1. The maximum atomic E-state index is 11.7. The summed E-state index contributed by atoms with van der Waals surface area (Å²) in [5.41, 5.74) is 0. The Kier molecular flexibility index (Phi) is 2.39. The van der Waals surface area contributed by atoms with Crippen molar-refractivity contribution in [1.29, 1.82) is 0 Å². The minimum absolute atomic E-state index is 0.215. The number of hydrogen-bond acceptors (Lipinski definition) is 2. The monoisotopic (exact) mass is 197 g/mol. The molecule has 14 heavy (non-hydrogen) atoms. The van der Waals surface area contributed by atoms with E-state index in [1.165, 1.54) is 0 Å². The maximum Gasteiger partial charge on any atom is 0.320 e. The second-order valence-corrected chi connectivity index (χ2v) is 4.64. The van der Waals surface area contributed by atoms with E-state index in [0.29, 0.717) is 12.1 Å². The summed E-state index contributed by atoms with van der Waals surface area (Å²) in [6.45, 7) is 1.81. The fourth-order valence-electron chi connectivity index (χ4n) is 2.24. The summed E-state index contributed by atoms with van der Waals surface area (Å²) in [6, 6.07) is 1.39. The highest BCUT2D eigenvalue weighted by atomic mass is 16.2. The van der Waals surface area contributed by atoms with Gasteiger partial charge in [-0.1, -0.05) is 0 Å². The van der Waals surface area contributed by atoms with Crippen molar-refractivity contribution >= 4 is 6.03 Å². The van der Waals surface area contributed by atoms with Gasteiger partial charge in [0.05, 0.1) is 0 Å². The van der Waals surface area contributed by atoms with Gasteiger partial charge in [0.1, 0.15) is 0 Å². The predicted molar refractivity (Wildman–Crippen MR) is 55.2 cm³/mol. The molecule has 1 saturated carbocycles. The van der Waals surface area contributed by atoms with Crippen molar-refractivity contribution in [1.82, 2.24) is 14.7 Å². The normalized spacial score (nSPS) is 32.7. The second-order valence-electron chi connectivity index (χ2n) is 4.64. The molecule has 0 spiro atoms. The highest BCUT2D eigenvalue weighted by Gasteiger charge is 2.40. The zero-order valence-corrected chi connectivity index (χ0v) is 9.23. The summed E-state index contributed by atoms with van der Waals surface area (Å²) in [7, 11) is 6.10. The molecule has 0 bridgehead atoms. The fraction of sp³-hybridized carbons (Fsp3) is 0.900. The predicted octanol–water partition coefficient (Wildman–Crippen LogP) is 0.446. The first-order valence-corrected chi connectivity index (χ1v) is 5.27. The zero-order valence-electron chi connectivity index (χ0n) is 9.23. The maximum absolute atomic E-state index is 11.7. The van der Waals surface area contributed by atoms with Gasteiger partial charge in [-0.2, -0.15) is 0 Å². The first kappa shape index (κ1) is 9.77. The molecule has 0 aromatic heterocycles. The third kappa shape index (κ3) is 1.47. The van der Waals surface area contributed by atoms with Crippen molar-refractivity contribution in [2.75, 3.05) is 34.2 Å². The van der Waals surface area contributed by atoms with E-state index in [1.807, 2.05) is 16.8 Å². The summed E-state index contributed by atoms with van der Waals surface area (Å²) in [4.78, 5) is 17.7. The first-order valence-electron chi connectivity index (χ1n) is 5.27. The first-order chi connectivity index (χ1) is 6.59. The summed E-state index contributed by atoms with van der Waals surface area (Å²) in [6.07, 6.45) is 2.29. The number of nitrogens with zero attached hydrogens (tertiary/aromatic N) is 3. The lowest BCUT2D eigenvalue weighted by atomic mass is 9.85. The Hall–Kier alpha value is -0.770. The number of rotatable bonds is 2. The average Bonchev–Trinajstić information content (AvgIpc) is 2.32. The molecule has 0 aromatic carbocycles. The molecule has 1 saturated heterocycles. The van der Waals surface area contributed by atoms with E-state index in [4.69, 9.17) is 0 Å². The van der Waals surface area contributed by atoms with Gasteiger partial charge in [0.2, 0.25) is 0 Å². The highest BCUT2D eigenvalue weighted by molar-refractivity contribution is 5.76. The van der Waals surface area contributed by atoms with Gasteiger partial charge in [-0.25, -0.2) is 4.79 Å². The molecule has 0 N–H and O–H groups in total. The van der Waals surface area contributed by atoms with Crippen LogP contribution in [0, 0.1) is 0 Å². The minimum atomic E-state index is 0.215. The Bertz CT molecular complexity index is 236. The average molecular weight is 197 g/mol. The summed E-state index contributed by atoms with van der Waals surface area (Å²) < 4.78 is 0. The van der Waals surface area contributed by atoms with Crippen LogP contribution in [0.3, 0.4) is 0 Å². The minimum Gasteiger partial charge on any atom is -0.326 e. The van der Waals surface area contributed by atoms with Gasteiger partial charge < -0.3 is 14.7 Å². The van der Waals surface area contributed by atoms with Crippen LogP contribution in [-0.4, -0.2) is 67.0 Å². The Labute approximate surface area is 85.5 Å². The van der Waals surface area contributed by atoms with Crippen LogP contribution < -0.4 is 0 Å². The molecule has 1 heterocycles. The second kappa shape index (κ2) is 3.42.